The van der Waals surface area contributed by atoms with Crippen LogP contribution in [0.25, 0.3) is 11.1 Å². The number of oxazole rings is 1. The number of carbonyl (C=O) groups is 1. The Morgan fingerprint density at radius 1 is 1.12 bits per heavy atom. The Labute approximate surface area is 143 Å². The van der Waals surface area contributed by atoms with Crippen LogP contribution in [-0.4, -0.2) is 24.7 Å². The van der Waals surface area contributed by atoms with Gasteiger partial charge < -0.3 is 19.2 Å². The second kappa shape index (κ2) is 6.72. The van der Waals surface area contributed by atoms with Crippen LogP contribution in [0.5, 0.6) is 11.5 Å². The van der Waals surface area contributed by atoms with Crippen molar-refractivity contribution in [3.05, 3.63) is 58.1 Å². The normalized spacial score (nSPS) is 10.7. The van der Waals surface area contributed by atoms with Gasteiger partial charge in [-0.2, -0.15) is 0 Å². The highest BCUT2D eigenvalue weighted by molar-refractivity contribution is 5.94. The first-order valence-corrected chi connectivity index (χ1v) is 7.62. The third-order valence-corrected chi connectivity index (χ3v) is 3.95. The average molecular weight is 342 g/mol. The molecule has 0 saturated carbocycles. The lowest BCUT2D eigenvalue weighted by Gasteiger charge is -2.10. The monoisotopic (exact) mass is 342 g/mol. The summed E-state index contributed by atoms with van der Waals surface area (Å²) in [4.78, 5) is 23.9. The van der Waals surface area contributed by atoms with Crippen molar-refractivity contribution in [3.63, 3.8) is 0 Å². The molecule has 0 spiro atoms. The highest BCUT2D eigenvalue weighted by Crippen LogP contribution is 2.27. The molecule has 1 N–H and O–H groups in total. The molecule has 1 aromatic heterocycles. The number of hydrogen-bond donors (Lipinski definition) is 1. The molecule has 1 heterocycles. The van der Waals surface area contributed by atoms with E-state index in [1.54, 1.807) is 37.4 Å². The fourth-order valence-electron chi connectivity index (χ4n) is 2.54. The molecule has 0 bridgehead atoms. The summed E-state index contributed by atoms with van der Waals surface area (Å²) in [5, 5.41) is 2.84. The quantitative estimate of drug-likeness (QED) is 0.767. The number of ether oxygens (including phenoxy) is 2. The van der Waals surface area contributed by atoms with Crippen LogP contribution in [0.4, 0.5) is 0 Å². The van der Waals surface area contributed by atoms with Crippen LogP contribution in [0.15, 0.2) is 45.6 Å². The lowest BCUT2D eigenvalue weighted by Crippen LogP contribution is -2.22. The van der Waals surface area contributed by atoms with E-state index in [2.05, 4.69) is 5.32 Å². The van der Waals surface area contributed by atoms with Crippen LogP contribution in [0.1, 0.15) is 15.9 Å². The van der Waals surface area contributed by atoms with Gasteiger partial charge in [-0.3, -0.25) is 9.36 Å². The van der Waals surface area contributed by atoms with Crippen LogP contribution >= 0.6 is 0 Å². The zero-order chi connectivity index (χ0) is 18.0. The van der Waals surface area contributed by atoms with Crippen LogP contribution in [0.2, 0.25) is 0 Å². The highest BCUT2D eigenvalue weighted by atomic mass is 16.5. The number of carbonyl (C=O) groups excluding carboxylic acids is 1. The number of fused-ring (bicyclic) bond motifs is 1. The van der Waals surface area contributed by atoms with Gasteiger partial charge in [0.1, 0.15) is 0 Å². The topological polar surface area (TPSA) is 82.7 Å². The van der Waals surface area contributed by atoms with Crippen molar-refractivity contribution in [3.8, 4) is 11.5 Å². The zero-order valence-corrected chi connectivity index (χ0v) is 14.2. The Kier molecular flexibility index (Phi) is 4.47. The molecular formula is C18H18N2O5. The van der Waals surface area contributed by atoms with E-state index in [4.69, 9.17) is 13.9 Å². The maximum Gasteiger partial charge on any atom is 0.419 e. The largest absolute Gasteiger partial charge is 0.493 e. The zero-order valence-electron chi connectivity index (χ0n) is 14.2. The van der Waals surface area contributed by atoms with Gasteiger partial charge in [-0.25, -0.2) is 4.79 Å². The molecule has 0 atom stereocenters. The number of aromatic nitrogens is 1. The van der Waals surface area contributed by atoms with Gasteiger partial charge in [-0.15, -0.1) is 0 Å². The number of aryl methyl sites for hydroxylation is 1. The molecule has 0 aliphatic rings. The summed E-state index contributed by atoms with van der Waals surface area (Å²) in [5.74, 6) is 0.402. The lowest BCUT2D eigenvalue weighted by atomic mass is 10.1. The van der Waals surface area contributed by atoms with Crippen molar-refractivity contribution in [2.75, 3.05) is 14.2 Å². The van der Waals surface area contributed by atoms with E-state index in [0.717, 1.165) is 5.56 Å². The van der Waals surface area contributed by atoms with E-state index in [1.807, 2.05) is 6.07 Å². The molecule has 3 aromatic rings. The standard InChI is InChI=1S/C18H18N2O5/c1-20-13-8-11(4-6-14(13)25-18(20)22)10-19-17(21)12-5-7-15(23-2)16(9-12)24-3/h4-9H,10H2,1-3H3,(H,19,21). The van der Waals surface area contributed by atoms with E-state index >= 15 is 0 Å². The Morgan fingerprint density at radius 2 is 1.88 bits per heavy atom. The first-order chi connectivity index (χ1) is 12.0. The Hall–Kier alpha value is -3.22. The summed E-state index contributed by atoms with van der Waals surface area (Å²) in [6.07, 6.45) is 0. The molecule has 7 nitrogen and oxygen atoms in total. The summed E-state index contributed by atoms with van der Waals surface area (Å²) in [6, 6.07) is 10.3. The molecule has 25 heavy (non-hydrogen) atoms. The Morgan fingerprint density at radius 3 is 2.60 bits per heavy atom. The van der Waals surface area contributed by atoms with Crippen LogP contribution in [-0.2, 0) is 13.6 Å². The van der Waals surface area contributed by atoms with Crippen molar-refractivity contribution in [2.24, 2.45) is 7.05 Å². The molecule has 0 aliphatic carbocycles. The van der Waals surface area contributed by atoms with Gasteiger partial charge in [-0.05, 0) is 35.9 Å². The van der Waals surface area contributed by atoms with Gasteiger partial charge in [0, 0.05) is 19.2 Å². The van der Waals surface area contributed by atoms with E-state index in [9.17, 15) is 9.59 Å². The van der Waals surface area contributed by atoms with Gasteiger partial charge >= 0.3 is 5.76 Å². The summed E-state index contributed by atoms with van der Waals surface area (Å²) in [5.41, 5.74) is 2.53. The van der Waals surface area contributed by atoms with Gasteiger partial charge in [-0.1, -0.05) is 6.07 Å². The summed E-state index contributed by atoms with van der Waals surface area (Å²) in [6.45, 7) is 0.322. The number of nitrogens with zero attached hydrogens (tertiary/aromatic N) is 1. The van der Waals surface area contributed by atoms with E-state index < -0.39 is 5.76 Å². The smallest absolute Gasteiger partial charge is 0.419 e. The minimum atomic E-state index is -0.415. The highest BCUT2D eigenvalue weighted by Gasteiger charge is 2.11. The van der Waals surface area contributed by atoms with Crippen molar-refractivity contribution in [2.45, 2.75) is 6.54 Å². The van der Waals surface area contributed by atoms with Crippen molar-refractivity contribution in [1.29, 1.82) is 0 Å². The van der Waals surface area contributed by atoms with Crippen molar-refractivity contribution >= 4 is 17.0 Å². The molecule has 7 heteroatoms. The lowest BCUT2D eigenvalue weighted by molar-refractivity contribution is 0.0950. The molecule has 130 valence electrons. The predicted molar refractivity (Wildman–Crippen MR) is 92.2 cm³/mol. The maximum atomic E-state index is 12.3. The summed E-state index contributed by atoms with van der Waals surface area (Å²) < 4.78 is 16.9. The minimum Gasteiger partial charge on any atom is -0.493 e. The van der Waals surface area contributed by atoms with Crippen molar-refractivity contribution < 1.29 is 18.7 Å². The summed E-state index contributed by atoms with van der Waals surface area (Å²) in [7, 11) is 4.70. The average Bonchev–Trinajstić information content (AvgIpc) is 2.93. The molecule has 1 amide bonds. The maximum absolute atomic E-state index is 12.3. The number of nitrogens with one attached hydrogen (secondary N) is 1. The fourth-order valence-corrected chi connectivity index (χ4v) is 2.54. The number of methoxy groups -OCH3 is 2. The van der Waals surface area contributed by atoms with Gasteiger partial charge in [0.15, 0.2) is 17.1 Å². The van der Waals surface area contributed by atoms with Gasteiger partial charge in [0.2, 0.25) is 0 Å². The van der Waals surface area contributed by atoms with E-state index in [1.165, 1.54) is 18.8 Å². The molecule has 0 aliphatic heterocycles. The van der Waals surface area contributed by atoms with Gasteiger partial charge in [0.25, 0.3) is 5.91 Å². The third-order valence-electron chi connectivity index (χ3n) is 3.95. The fraction of sp³-hybridized carbons (Fsp3) is 0.222. The third kappa shape index (κ3) is 3.21. The van der Waals surface area contributed by atoms with Crippen molar-refractivity contribution in [1.82, 2.24) is 9.88 Å². The van der Waals surface area contributed by atoms with E-state index in [0.29, 0.717) is 34.7 Å². The second-order valence-corrected chi connectivity index (χ2v) is 5.48. The first-order valence-electron chi connectivity index (χ1n) is 7.62. The number of rotatable bonds is 5. The number of hydrogen-bond acceptors (Lipinski definition) is 5. The molecule has 2 aromatic carbocycles. The number of amides is 1. The second-order valence-electron chi connectivity index (χ2n) is 5.48. The number of benzene rings is 2. The first kappa shape index (κ1) is 16.6. The van der Waals surface area contributed by atoms with Gasteiger partial charge in [0.05, 0.1) is 19.7 Å². The van der Waals surface area contributed by atoms with Crippen LogP contribution in [0, 0.1) is 0 Å². The molecule has 0 saturated heterocycles. The Balaban J connectivity index is 1.76. The van der Waals surface area contributed by atoms with E-state index in [-0.39, 0.29) is 5.91 Å². The molecule has 0 unspecified atom stereocenters. The molecule has 0 radical (unpaired) electrons. The minimum absolute atomic E-state index is 0.234. The Bertz CT molecular complexity index is 987. The molecule has 3 rings (SSSR count). The van der Waals surface area contributed by atoms with Crippen LogP contribution < -0.4 is 20.5 Å². The molecular weight excluding hydrogens is 324 g/mol. The molecule has 0 fully saturated rings. The SMILES string of the molecule is COc1ccc(C(=O)NCc2ccc3oc(=O)n(C)c3c2)cc1OC. The predicted octanol–water partition coefficient (Wildman–Crippen LogP) is 2.08. The summed E-state index contributed by atoms with van der Waals surface area (Å²) >= 11 is 0. The van der Waals surface area contributed by atoms with Crippen LogP contribution in [0.3, 0.4) is 0 Å².